The molecular formula is C24H28N2O4S. The van der Waals surface area contributed by atoms with E-state index in [2.05, 4.69) is 5.32 Å². The fourth-order valence-corrected chi connectivity index (χ4v) is 5.60. The molecule has 0 saturated heterocycles. The first-order chi connectivity index (χ1) is 14.6. The third-order valence-electron chi connectivity index (χ3n) is 5.98. The van der Waals surface area contributed by atoms with Crippen LogP contribution in [0.2, 0.25) is 0 Å². The zero-order chi connectivity index (χ0) is 22.3. The van der Waals surface area contributed by atoms with Gasteiger partial charge in [0.2, 0.25) is 11.8 Å². The summed E-state index contributed by atoms with van der Waals surface area (Å²) in [5.41, 5.74) is 4.43. The van der Waals surface area contributed by atoms with Crippen molar-refractivity contribution in [2.75, 3.05) is 16.8 Å². The normalized spacial score (nSPS) is 16.7. The van der Waals surface area contributed by atoms with Gasteiger partial charge < -0.3 is 10.2 Å². The number of anilines is 2. The standard InChI is InChI=1S/C24H28N2O4S/c1-15-10-16(2)12-20(11-15)25-23(27)13-17(3)31(29,30)21-6-7-22-19(14-21)8-9-26(22)24(28)18-4-5-18/h6-7,10-12,14,17-18H,4-5,8-9,13H2,1-3H3,(H,25,27)/t17-/m0/s1. The predicted octanol–water partition coefficient (Wildman–Crippen LogP) is 3.79. The lowest BCUT2D eigenvalue weighted by atomic mass is 10.1. The number of hydrogen-bond acceptors (Lipinski definition) is 4. The first kappa shape index (κ1) is 21.6. The molecular weight excluding hydrogens is 412 g/mol. The fourth-order valence-electron chi connectivity index (χ4n) is 4.20. The van der Waals surface area contributed by atoms with E-state index in [1.54, 1.807) is 30.0 Å². The highest BCUT2D eigenvalue weighted by Crippen LogP contribution is 2.37. The average molecular weight is 441 g/mol. The van der Waals surface area contributed by atoms with Gasteiger partial charge in [0.15, 0.2) is 9.84 Å². The maximum absolute atomic E-state index is 13.1. The quantitative estimate of drug-likeness (QED) is 0.741. The zero-order valence-corrected chi connectivity index (χ0v) is 19.0. The molecule has 1 saturated carbocycles. The SMILES string of the molecule is Cc1cc(C)cc(NC(=O)C[C@H](C)S(=O)(=O)c2ccc3c(c2)CCN3C(=O)C2CC2)c1. The summed E-state index contributed by atoms with van der Waals surface area (Å²) in [5.74, 6) is -0.0562. The highest BCUT2D eigenvalue weighted by atomic mass is 32.2. The number of carbonyl (C=O) groups excluding carboxylic acids is 2. The Bertz CT molecular complexity index is 1130. The van der Waals surface area contributed by atoms with Crippen molar-refractivity contribution in [2.24, 2.45) is 5.92 Å². The van der Waals surface area contributed by atoms with Crippen LogP contribution in [0.4, 0.5) is 11.4 Å². The summed E-state index contributed by atoms with van der Waals surface area (Å²) >= 11 is 0. The lowest BCUT2D eigenvalue weighted by Crippen LogP contribution is -2.30. The lowest BCUT2D eigenvalue weighted by Gasteiger charge is -2.18. The molecule has 4 rings (SSSR count). The second kappa shape index (κ2) is 8.11. The molecule has 1 aliphatic carbocycles. The van der Waals surface area contributed by atoms with Gasteiger partial charge in [0.25, 0.3) is 0 Å². The third-order valence-corrected chi connectivity index (χ3v) is 8.11. The summed E-state index contributed by atoms with van der Waals surface area (Å²) in [6.07, 6.45) is 2.41. The molecule has 0 bridgehead atoms. The first-order valence-corrected chi connectivity index (χ1v) is 12.3. The molecule has 2 amide bonds. The highest BCUT2D eigenvalue weighted by Gasteiger charge is 2.37. The number of hydrogen-bond donors (Lipinski definition) is 1. The van der Waals surface area contributed by atoms with Crippen LogP contribution in [0.1, 0.15) is 42.9 Å². The minimum absolute atomic E-state index is 0.126. The van der Waals surface area contributed by atoms with Crippen molar-refractivity contribution in [3.8, 4) is 0 Å². The van der Waals surface area contributed by atoms with Crippen LogP contribution < -0.4 is 10.2 Å². The van der Waals surface area contributed by atoms with Gasteiger partial charge in [-0.25, -0.2) is 8.42 Å². The van der Waals surface area contributed by atoms with E-state index in [1.807, 2.05) is 32.0 Å². The Kier molecular flexibility index (Phi) is 5.64. The molecule has 1 N–H and O–H groups in total. The molecule has 0 radical (unpaired) electrons. The van der Waals surface area contributed by atoms with Crippen molar-refractivity contribution < 1.29 is 18.0 Å². The van der Waals surface area contributed by atoms with Gasteiger partial charge in [-0.15, -0.1) is 0 Å². The van der Waals surface area contributed by atoms with Crippen LogP contribution in [0.15, 0.2) is 41.3 Å². The van der Waals surface area contributed by atoms with Crippen LogP contribution in [0.5, 0.6) is 0 Å². The van der Waals surface area contributed by atoms with E-state index in [-0.39, 0.29) is 29.0 Å². The van der Waals surface area contributed by atoms with Crippen LogP contribution >= 0.6 is 0 Å². The average Bonchev–Trinajstić information content (AvgIpc) is 3.45. The van der Waals surface area contributed by atoms with Gasteiger partial charge in [-0.1, -0.05) is 6.07 Å². The van der Waals surface area contributed by atoms with E-state index in [4.69, 9.17) is 0 Å². The number of amides is 2. The molecule has 1 fully saturated rings. The van der Waals surface area contributed by atoms with Crippen LogP contribution in [0, 0.1) is 19.8 Å². The number of carbonyl (C=O) groups is 2. The molecule has 0 unspecified atom stereocenters. The summed E-state index contributed by atoms with van der Waals surface area (Å²) in [6, 6.07) is 10.7. The summed E-state index contributed by atoms with van der Waals surface area (Å²) in [7, 11) is -3.67. The van der Waals surface area contributed by atoms with Gasteiger partial charge in [0.05, 0.1) is 10.1 Å². The Morgan fingerprint density at radius 1 is 1.10 bits per heavy atom. The molecule has 6 nitrogen and oxygen atoms in total. The Labute approximate surface area is 183 Å². The second-order valence-corrected chi connectivity index (χ2v) is 11.2. The van der Waals surface area contributed by atoms with Gasteiger partial charge in [-0.3, -0.25) is 9.59 Å². The summed E-state index contributed by atoms with van der Waals surface area (Å²) < 4.78 is 26.2. The lowest BCUT2D eigenvalue weighted by molar-refractivity contribution is -0.119. The Morgan fingerprint density at radius 2 is 1.77 bits per heavy atom. The molecule has 2 aromatic carbocycles. The van der Waals surface area contributed by atoms with Crippen LogP contribution in [0.3, 0.4) is 0 Å². The molecule has 2 aliphatic rings. The minimum atomic E-state index is -3.67. The van der Waals surface area contributed by atoms with E-state index < -0.39 is 15.1 Å². The Hall–Kier alpha value is -2.67. The summed E-state index contributed by atoms with van der Waals surface area (Å²) in [5, 5.41) is 1.95. The van der Waals surface area contributed by atoms with Gasteiger partial charge in [0, 0.05) is 30.3 Å². The third kappa shape index (κ3) is 4.51. The van der Waals surface area contributed by atoms with Crippen molar-refractivity contribution in [1.29, 1.82) is 0 Å². The van der Waals surface area contributed by atoms with Crippen LogP contribution in [-0.4, -0.2) is 32.0 Å². The van der Waals surface area contributed by atoms with Crippen LogP contribution in [0.25, 0.3) is 0 Å². The summed E-state index contributed by atoms with van der Waals surface area (Å²) in [6.45, 7) is 6.06. The Balaban J connectivity index is 1.46. The van der Waals surface area contributed by atoms with Gasteiger partial charge in [-0.2, -0.15) is 0 Å². The van der Waals surface area contributed by atoms with Crippen molar-refractivity contribution in [3.05, 3.63) is 53.1 Å². The van der Waals surface area contributed by atoms with E-state index in [0.29, 0.717) is 18.7 Å². The van der Waals surface area contributed by atoms with Crippen molar-refractivity contribution in [3.63, 3.8) is 0 Å². The molecule has 1 aliphatic heterocycles. The zero-order valence-electron chi connectivity index (χ0n) is 18.1. The van der Waals surface area contributed by atoms with Crippen molar-refractivity contribution in [2.45, 2.75) is 56.6 Å². The second-order valence-electron chi connectivity index (χ2n) is 8.79. The van der Waals surface area contributed by atoms with Crippen LogP contribution in [-0.2, 0) is 25.8 Å². The minimum Gasteiger partial charge on any atom is -0.326 e. The number of aryl methyl sites for hydroxylation is 2. The molecule has 0 spiro atoms. The van der Waals surface area contributed by atoms with E-state index in [1.165, 1.54) is 0 Å². The Morgan fingerprint density at radius 3 is 2.42 bits per heavy atom. The number of rotatable bonds is 6. The van der Waals surface area contributed by atoms with E-state index >= 15 is 0 Å². The van der Waals surface area contributed by atoms with Gasteiger partial charge in [0.1, 0.15) is 0 Å². The number of nitrogens with one attached hydrogen (secondary N) is 1. The number of benzene rings is 2. The van der Waals surface area contributed by atoms with Crippen molar-refractivity contribution >= 4 is 33.0 Å². The van der Waals surface area contributed by atoms with Crippen molar-refractivity contribution in [1.82, 2.24) is 0 Å². The molecule has 2 aromatic rings. The smallest absolute Gasteiger partial charge is 0.230 e. The first-order valence-electron chi connectivity index (χ1n) is 10.7. The van der Waals surface area contributed by atoms with Gasteiger partial charge in [-0.05, 0) is 87.1 Å². The number of fused-ring (bicyclic) bond motifs is 1. The summed E-state index contributed by atoms with van der Waals surface area (Å²) in [4.78, 5) is 26.9. The number of nitrogens with zero attached hydrogens (tertiary/aromatic N) is 1. The highest BCUT2D eigenvalue weighted by molar-refractivity contribution is 7.92. The monoisotopic (exact) mass is 440 g/mol. The number of sulfone groups is 1. The molecule has 164 valence electrons. The molecule has 0 aromatic heterocycles. The van der Waals surface area contributed by atoms with E-state index in [0.717, 1.165) is 35.2 Å². The van der Waals surface area contributed by atoms with E-state index in [9.17, 15) is 18.0 Å². The van der Waals surface area contributed by atoms with Gasteiger partial charge >= 0.3 is 0 Å². The largest absolute Gasteiger partial charge is 0.326 e. The fraction of sp³-hybridized carbons (Fsp3) is 0.417. The maximum Gasteiger partial charge on any atom is 0.230 e. The maximum atomic E-state index is 13.1. The topological polar surface area (TPSA) is 83.6 Å². The predicted molar refractivity (Wildman–Crippen MR) is 121 cm³/mol. The molecule has 31 heavy (non-hydrogen) atoms. The molecule has 1 heterocycles. The molecule has 7 heteroatoms. The molecule has 1 atom stereocenters.